The van der Waals surface area contributed by atoms with Crippen LogP contribution in [0.2, 0.25) is 0 Å². The molecule has 2 unspecified atom stereocenters. The number of pyridine rings is 1. The van der Waals surface area contributed by atoms with E-state index in [1.807, 2.05) is 0 Å². The van der Waals surface area contributed by atoms with E-state index in [-0.39, 0.29) is 48.6 Å². The number of halogens is 2. The van der Waals surface area contributed by atoms with E-state index in [9.17, 15) is 9.59 Å². The molecule has 1 aliphatic rings. The average Bonchev–Trinajstić information content (AvgIpc) is 2.63. The van der Waals surface area contributed by atoms with Gasteiger partial charge in [0.2, 0.25) is 5.91 Å². The van der Waals surface area contributed by atoms with Gasteiger partial charge in [0.1, 0.15) is 0 Å². The van der Waals surface area contributed by atoms with Crippen molar-refractivity contribution in [2.75, 3.05) is 10.6 Å². The van der Waals surface area contributed by atoms with E-state index in [0.29, 0.717) is 23.4 Å². The maximum absolute atomic E-state index is 12.4. The van der Waals surface area contributed by atoms with Crippen LogP contribution in [0.15, 0.2) is 48.8 Å². The molecule has 4 N–H and O–H groups in total. The van der Waals surface area contributed by atoms with E-state index in [1.54, 1.807) is 48.8 Å². The molecule has 0 bridgehead atoms. The molecule has 6 nitrogen and oxygen atoms in total. The van der Waals surface area contributed by atoms with Gasteiger partial charge in [-0.15, -0.1) is 24.8 Å². The van der Waals surface area contributed by atoms with Gasteiger partial charge in [-0.05, 0) is 49.6 Å². The molecule has 2 atom stereocenters. The molecule has 0 aliphatic heterocycles. The van der Waals surface area contributed by atoms with Gasteiger partial charge < -0.3 is 16.4 Å². The Morgan fingerprint density at radius 2 is 1.74 bits per heavy atom. The van der Waals surface area contributed by atoms with Crippen molar-refractivity contribution in [2.45, 2.75) is 31.7 Å². The van der Waals surface area contributed by atoms with E-state index in [4.69, 9.17) is 5.73 Å². The largest absolute Gasteiger partial charge is 0.328 e. The first kappa shape index (κ1) is 22.9. The molecule has 146 valence electrons. The van der Waals surface area contributed by atoms with Crippen molar-refractivity contribution >= 4 is 48.0 Å². The molecule has 1 heterocycles. The first-order valence-corrected chi connectivity index (χ1v) is 8.50. The highest BCUT2D eigenvalue weighted by atomic mass is 35.5. The number of rotatable bonds is 4. The van der Waals surface area contributed by atoms with Crippen LogP contribution in [0.3, 0.4) is 0 Å². The highest BCUT2D eigenvalue weighted by Crippen LogP contribution is 2.24. The summed E-state index contributed by atoms with van der Waals surface area (Å²) in [6.07, 6.45) is 6.76. The van der Waals surface area contributed by atoms with Crippen LogP contribution in [-0.2, 0) is 4.79 Å². The minimum atomic E-state index is -0.234. The number of aromatic nitrogens is 1. The van der Waals surface area contributed by atoms with Crippen LogP contribution < -0.4 is 16.4 Å². The van der Waals surface area contributed by atoms with Gasteiger partial charge in [-0.3, -0.25) is 14.6 Å². The van der Waals surface area contributed by atoms with Crippen molar-refractivity contribution in [3.8, 4) is 0 Å². The lowest BCUT2D eigenvalue weighted by atomic mass is 9.85. The monoisotopic (exact) mass is 410 g/mol. The molecule has 1 aromatic heterocycles. The van der Waals surface area contributed by atoms with Gasteiger partial charge in [-0.25, -0.2) is 0 Å². The van der Waals surface area contributed by atoms with Crippen molar-refractivity contribution in [1.29, 1.82) is 0 Å². The molecule has 3 rings (SSSR count). The third-order valence-electron chi connectivity index (χ3n) is 4.42. The Kier molecular flexibility index (Phi) is 9.21. The second-order valence-electron chi connectivity index (χ2n) is 6.38. The van der Waals surface area contributed by atoms with Gasteiger partial charge >= 0.3 is 0 Å². The number of nitrogens with zero attached hydrogens (tertiary/aromatic N) is 1. The Bertz CT molecular complexity index is 758. The van der Waals surface area contributed by atoms with Crippen molar-refractivity contribution in [2.24, 2.45) is 11.7 Å². The van der Waals surface area contributed by atoms with E-state index < -0.39 is 0 Å². The lowest BCUT2D eigenvalue weighted by molar-refractivity contribution is -0.120. The quantitative estimate of drug-likeness (QED) is 0.716. The lowest BCUT2D eigenvalue weighted by Crippen LogP contribution is -2.34. The van der Waals surface area contributed by atoms with E-state index in [0.717, 1.165) is 19.3 Å². The minimum absolute atomic E-state index is 0. The number of benzene rings is 1. The molecule has 27 heavy (non-hydrogen) atoms. The average molecular weight is 411 g/mol. The molecule has 0 radical (unpaired) electrons. The summed E-state index contributed by atoms with van der Waals surface area (Å²) in [7, 11) is 0. The van der Waals surface area contributed by atoms with Gasteiger partial charge in [0, 0.05) is 41.3 Å². The smallest absolute Gasteiger partial charge is 0.255 e. The number of anilines is 2. The van der Waals surface area contributed by atoms with Crippen LogP contribution in [0.1, 0.15) is 36.0 Å². The summed E-state index contributed by atoms with van der Waals surface area (Å²) in [4.78, 5) is 28.7. The van der Waals surface area contributed by atoms with Crippen molar-refractivity contribution < 1.29 is 9.59 Å². The van der Waals surface area contributed by atoms with Crippen molar-refractivity contribution in [3.05, 3.63) is 54.4 Å². The van der Waals surface area contributed by atoms with Gasteiger partial charge in [0.15, 0.2) is 0 Å². The first-order valence-electron chi connectivity index (χ1n) is 8.50. The third-order valence-corrected chi connectivity index (χ3v) is 4.42. The molecule has 2 aromatic rings. The number of nitrogens with two attached hydrogens (primary N) is 1. The molecule has 1 saturated carbocycles. The van der Waals surface area contributed by atoms with Crippen LogP contribution in [0, 0.1) is 5.92 Å². The molecule has 1 aromatic carbocycles. The molecule has 8 heteroatoms. The summed E-state index contributed by atoms with van der Waals surface area (Å²) < 4.78 is 0. The number of carbonyl (C=O) groups excluding carboxylic acids is 2. The van der Waals surface area contributed by atoms with Crippen LogP contribution in [-0.4, -0.2) is 22.8 Å². The number of hydrogen-bond acceptors (Lipinski definition) is 4. The molecular formula is C19H24Cl2N4O2. The number of hydrogen-bond donors (Lipinski definition) is 3. The fourth-order valence-corrected chi connectivity index (χ4v) is 3.09. The zero-order chi connectivity index (χ0) is 17.6. The standard InChI is InChI=1S/C19H22N4O2.2ClH/c20-15-5-1-3-13(11-15)18(24)23-17-6-2-4-14(12-17)19(25)22-16-7-9-21-10-8-16;;/h2,4,6-10,12-13,15H,1,3,5,11,20H2,(H,23,24)(H,21,22,25);2*1H. The zero-order valence-electron chi connectivity index (χ0n) is 14.8. The topological polar surface area (TPSA) is 97.1 Å². The molecule has 2 amide bonds. The normalized spacial score (nSPS) is 18.4. The molecule has 1 fully saturated rings. The van der Waals surface area contributed by atoms with Crippen molar-refractivity contribution in [3.63, 3.8) is 0 Å². The zero-order valence-corrected chi connectivity index (χ0v) is 16.4. The Balaban J connectivity index is 0.00000182. The molecule has 0 spiro atoms. The summed E-state index contributed by atoms with van der Waals surface area (Å²) >= 11 is 0. The van der Waals surface area contributed by atoms with Gasteiger partial charge in [0.25, 0.3) is 5.91 Å². The lowest BCUT2D eigenvalue weighted by Gasteiger charge is -2.25. The maximum Gasteiger partial charge on any atom is 0.255 e. The predicted octanol–water partition coefficient (Wildman–Crippen LogP) is 3.63. The molecular weight excluding hydrogens is 387 g/mol. The van der Waals surface area contributed by atoms with Crippen molar-refractivity contribution in [1.82, 2.24) is 4.98 Å². The van der Waals surface area contributed by atoms with Crippen LogP contribution in [0.4, 0.5) is 11.4 Å². The summed E-state index contributed by atoms with van der Waals surface area (Å²) in [6, 6.07) is 10.5. The number of amides is 2. The predicted molar refractivity (Wildman–Crippen MR) is 112 cm³/mol. The summed E-state index contributed by atoms with van der Waals surface area (Å²) in [5.74, 6) is -0.318. The van der Waals surface area contributed by atoms with Gasteiger partial charge in [-0.2, -0.15) is 0 Å². The third kappa shape index (κ3) is 6.50. The highest BCUT2D eigenvalue weighted by molar-refractivity contribution is 6.05. The second-order valence-corrected chi connectivity index (χ2v) is 6.38. The SMILES string of the molecule is Cl.Cl.NC1CCCC(C(=O)Nc2cccc(C(=O)Nc3ccncc3)c2)C1. The van der Waals surface area contributed by atoms with E-state index in [2.05, 4.69) is 15.6 Å². The molecule has 0 saturated heterocycles. The first-order chi connectivity index (χ1) is 12.1. The maximum atomic E-state index is 12.4. The van der Waals surface area contributed by atoms with E-state index >= 15 is 0 Å². The fourth-order valence-electron chi connectivity index (χ4n) is 3.09. The highest BCUT2D eigenvalue weighted by Gasteiger charge is 2.25. The fraction of sp³-hybridized carbons (Fsp3) is 0.316. The Hall–Kier alpha value is -2.15. The van der Waals surface area contributed by atoms with Crippen LogP contribution in [0.25, 0.3) is 0 Å². The number of carbonyl (C=O) groups is 2. The Morgan fingerprint density at radius 3 is 2.44 bits per heavy atom. The Morgan fingerprint density at radius 1 is 1.00 bits per heavy atom. The second kappa shape index (κ2) is 10.9. The minimum Gasteiger partial charge on any atom is -0.328 e. The summed E-state index contributed by atoms with van der Waals surface area (Å²) in [5, 5.41) is 5.71. The Labute approximate surface area is 171 Å². The van der Waals surface area contributed by atoms with Crippen LogP contribution >= 0.6 is 24.8 Å². The summed E-state index contributed by atoms with van der Waals surface area (Å²) in [5.41, 5.74) is 7.73. The van der Waals surface area contributed by atoms with Gasteiger partial charge in [0.05, 0.1) is 0 Å². The van der Waals surface area contributed by atoms with E-state index in [1.165, 1.54) is 0 Å². The number of nitrogens with one attached hydrogen (secondary N) is 2. The summed E-state index contributed by atoms with van der Waals surface area (Å²) in [6.45, 7) is 0. The van der Waals surface area contributed by atoms with Crippen LogP contribution in [0.5, 0.6) is 0 Å². The van der Waals surface area contributed by atoms with Gasteiger partial charge in [-0.1, -0.05) is 12.5 Å². The molecule has 1 aliphatic carbocycles.